The van der Waals surface area contributed by atoms with Gasteiger partial charge in [-0.1, -0.05) is 20.8 Å². The van der Waals surface area contributed by atoms with Crippen LogP contribution in [0, 0.1) is 5.41 Å². The zero-order chi connectivity index (χ0) is 12.2. The standard InChI is InChI=1S/C13H25NO2/c1-13(2,3)9-8-12(16)14-10-4-6-11(15)7-5-10/h10-11,15H,4-9H2,1-3H3,(H,14,16). The van der Waals surface area contributed by atoms with E-state index >= 15 is 0 Å². The smallest absolute Gasteiger partial charge is 0.220 e. The molecule has 1 saturated carbocycles. The maximum atomic E-state index is 11.7. The van der Waals surface area contributed by atoms with Crippen LogP contribution in [-0.4, -0.2) is 23.2 Å². The van der Waals surface area contributed by atoms with Crippen LogP contribution in [0.3, 0.4) is 0 Å². The number of carbonyl (C=O) groups is 1. The van der Waals surface area contributed by atoms with Gasteiger partial charge in [0.15, 0.2) is 0 Å². The Morgan fingerprint density at radius 1 is 1.25 bits per heavy atom. The Balaban J connectivity index is 2.19. The molecule has 1 aliphatic carbocycles. The molecule has 1 rings (SSSR count). The first-order valence-corrected chi connectivity index (χ1v) is 6.34. The lowest BCUT2D eigenvalue weighted by atomic mass is 9.90. The van der Waals surface area contributed by atoms with Gasteiger partial charge in [-0.3, -0.25) is 4.79 Å². The fourth-order valence-corrected chi connectivity index (χ4v) is 2.01. The lowest BCUT2D eigenvalue weighted by Crippen LogP contribution is -2.38. The Morgan fingerprint density at radius 3 is 2.31 bits per heavy atom. The van der Waals surface area contributed by atoms with Crippen molar-refractivity contribution in [3.63, 3.8) is 0 Å². The van der Waals surface area contributed by atoms with Crippen molar-refractivity contribution < 1.29 is 9.90 Å². The number of amides is 1. The summed E-state index contributed by atoms with van der Waals surface area (Å²) in [5.41, 5.74) is 0.222. The second kappa shape index (κ2) is 5.67. The fourth-order valence-electron chi connectivity index (χ4n) is 2.01. The first-order chi connectivity index (χ1) is 7.37. The Labute approximate surface area is 98.6 Å². The van der Waals surface area contributed by atoms with Gasteiger partial charge in [0.05, 0.1) is 6.10 Å². The molecule has 0 saturated heterocycles. The molecule has 0 atom stereocenters. The first-order valence-electron chi connectivity index (χ1n) is 6.34. The molecule has 1 fully saturated rings. The van der Waals surface area contributed by atoms with Crippen molar-refractivity contribution in [2.75, 3.05) is 0 Å². The third kappa shape index (κ3) is 5.50. The average Bonchev–Trinajstić information content (AvgIpc) is 2.18. The minimum atomic E-state index is -0.150. The van der Waals surface area contributed by atoms with Gasteiger partial charge in [-0.15, -0.1) is 0 Å². The van der Waals surface area contributed by atoms with E-state index in [1.165, 1.54) is 0 Å². The lowest BCUT2D eigenvalue weighted by Gasteiger charge is -2.26. The Kier molecular flexibility index (Phi) is 4.78. The highest BCUT2D eigenvalue weighted by molar-refractivity contribution is 5.76. The molecule has 0 aromatic rings. The third-order valence-electron chi connectivity index (χ3n) is 3.16. The van der Waals surface area contributed by atoms with Crippen molar-refractivity contribution in [1.29, 1.82) is 0 Å². The second-order valence-electron chi connectivity index (χ2n) is 6.13. The summed E-state index contributed by atoms with van der Waals surface area (Å²) in [5, 5.41) is 12.4. The number of nitrogens with one attached hydrogen (secondary N) is 1. The predicted octanol–water partition coefficient (Wildman–Crippen LogP) is 2.23. The highest BCUT2D eigenvalue weighted by atomic mass is 16.3. The van der Waals surface area contributed by atoms with E-state index in [1.807, 2.05) is 0 Å². The number of aliphatic hydroxyl groups excluding tert-OH is 1. The Hall–Kier alpha value is -0.570. The number of hydrogen-bond donors (Lipinski definition) is 2. The van der Waals surface area contributed by atoms with Crippen LogP contribution in [0.2, 0.25) is 0 Å². The second-order valence-corrected chi connectivity index (χ2v) is 6.13. The third-order valence-corrected chi connectivity index (χ3v) is 3.16. The van der Waals surface area contributed by atoms with E-state index in [0.717, 1.165) is 32.1 Å². The van der Waals surface area contributed by atoms with Gasteiger partial charge in [0.1, 0.15) is 0 Å². The molecular formula is C13H25NO2. The van der Waals surface area contributed by atoms with E-state index < -0.39 is 0 Å². The summed E-state index contributed by atoms with van der Waals surface area (Å²) in [5.74, 6) is 0.163. The van der Waals surface area contributed by atoms with Gasteiger partial charge in [-0.05, 0) is 37.5 Å². The van der Waals surface area contributed by atoms with Gasteiger partial charge in [0.25, 0.3) is 0 Å². The molecule has 1 amide bonds. The van der Waals surface area contributed by atoms with Crippen LogP contribution in [0.1, 0.15) is 59.3 Å². The van der Waals surface area contributed by atoms with E-state index in [0.29, 0.717) is 6.42 Å². The molecule has 0 heterocycles. The van der Waals surface area contributed by atoms with Crippen LogP contribution in [0.4, 0.5) is 0 Å². The van der Waals surface area contributed by atoms with E-state index in [2.05, 4.69) is 26.1 Å². The van der Waals surface area contributed by atoms with Crippen LogP contribution in [0.15, 0.2) is 0 Å². The lowest BCUT2D eigenvalue weighted by molar-refractivity contribution is -0.122. The largest absolute Gasteiger partial charge is 0.393 e. The van der Waals surface area contributed by atoms with Crippen LogP contribution in [0.5, 0.6) is 0 Å². The molecule has 3 nitrogen and oxygen atoms in total. The van der Waals surface area contributed by atoms with E-state index in [-0.39, 0.29) is 23.5 Å². The van der Waals surface area contributed by atoms with Gasteiger partial charge in [0, 0.05) is 12.5 Å². The number of rotatable bonds is 3. The summed E-state index contributed by atoms with van der Waals surface area (Å²) < 4.78 is 0. The molecule has 16 heavy (non-hydrogen) atoms. The average molecular weight is 227 g/mol. The molecule has 94 valence electrons. The fraction of sp³-hybridized carbons (Fsp3) is 0.923. The summed E-state index contributed by atoms with van der Waals surface area (Å²) in [7, 11) is 0. The molecule has 0 spiro atoms. The summed E-state index contributed by atoms with van der Waals surface area (Å²) in [6.45, 7) is 6.45. The summed E-state index contributed by atoms with van der Waals surface area (Å²) in [4.78, 5) is 11.7. The van der Waals surface area contributed by atoms with Gasteiger partial charge in [0.2, 0.25) is 5.91 Å². The Bertz CT molecular complexity index is 225. The molecule has 0 aliphatic heterocycles. The monoisotopic (exact) mass is 227 g/mol. The van der Waals surface area contributed by atoms with Crippen LogP contribution in [0.25, 0.3) is 0 Å². The molecule has 0 bridgehead atoms. The van der Waals surface area contributed by atoms with Gasteiger partial charge in [-0.25, -0.2) is 0 Å². The number of aliphatic hydroxyl groups is 1. The number of hydrogen-bond acceptors (Lipinski definition) is 2. The molecule has 2 N–H and O–H groups in total. The Morgan fingerprint density at radius 2 is 1.81 bits per heavy atom. The van der Waals surface area contributed by atoms with Crippen LogP contribution >= 0.6 is 0 Å². The van der Waals surface area contributed by atoms with Crippen molar-refractivity contribution in [2.24, 2.45) is 5.41 Å². The maximum absolute atomic E-state index is 11.7. The topological polar surface area (TPSA) is 49.3 Å². The predicted molar refractivity (Wildman–Crippen MR) is 65.1 cm³/mol. The summed E-state index contributed by atoms with van der Waals surface area (Å²) in [6, 6.07) is 0.288. The summed E-state index contributed by atoms with van der Waals surface area (Å²) >= 11 is 0. The maximum Gasteiger partial charge on any atom is 0.220 e. The number of carbonyl (C=O) groups excluding carboxylic acids is 1. The van der Waals surface area contributed by atoms with Crippen molar-refractivity contribution in [2.45, 2.75) is 71.4 Å². The molecule has 0 aromatic carbocycles. The highest BCUT2D eigenvalue weighted by Crippen LogP contribution is 2.21. The van der Waals surface area contributed by atoms with Crippen molar-refractivity contribution in [3.8, 4) is 0 Å². The molecule has 3 heteroatoms. The molecule has 1 aliphatic rings. The first kappa shape index (κ1) is 13.5. The molecule has 0 unspecified atom stereocenters. The normalized spacial score (nSPS) is 26.5. The van der Waals surface area contributed by atoms with E-state index in [1.54, 1.807) is 0 Å². The van der Waals surface area contributed by atoms with Crippen molar-refractivity contribution in [1.82, 2.24) is 5.32 Å². The zero-order valence-corrected chi connectivity index (χ0v) is 10.8. The summed E-state index contributed by atoms with van der Waals surface area (Å²) in [6.07, 6.45) is 4.87. The van der Waals surface area contributed by atoms with Gasteiger partial charge in [-0.2, -0.15) is 0 Å². The minimum absolute atomic E-state index is 0.150. The molecule has 0 radical (unpaired) electrons. The van der Waals surface area contributed by atoms with Crippen LogP contribution < -0.4 is 5.32 Å². The van der Waals surface area contributed by atoms with Gasteiger partial charge >= 0.3 is 0 Å². The van der Waals surface area contributed by atoms with Crippen molar-refractivity contribution >= 4 is 5.91 Å². The molecule has 0 aromatic heterocycles. The molecular weight excluding hydrogens is 202 g/mol. The minimum Gasteiger partial charge on any atom is -0.393 e. The SMILES string of the molecule is CC(C)(C)CCC(=O)NC1CCC(O)CC1. The zero-order valence-electron chi connectivity index (χ0n) is 10.8. The van der Waals surface area contributed by atoms with Crippen LogP contribution in [-0.2, 0) is 4.79 Å². The van der Waals surface area contributed by atoms with E-state index in [4.69, 9.17) is 0 Å². The quantitative estimate of drug-likeness (QED) is 0.777. The van der Waals surface area contributed by atoms with Crippen molar-refractivity contribution in [3.05, 3.63) is 0 Å². The van der Waals surface area contributed by atoms with Gasteiger partial charge < -0.3 is 10.4 Å². The van der Waals surface area contributed by atoms with E-state index in [9.17, 15) is 9.90 Å². The highest BCUT2D eigenvalue weighted by Gasteiger charge is 2.21.